The van der Waals surface area contributed by atoms with Gasteiger partial charge in [-0.15, -0.1) is 0 Å². The Morgan fingerprint density at radius 2 is 1.08 bits per heavy atom. The molecule has 0 spiro atoms. The van der Waals surface area contributed by atoms with Crippen molar-refractivity contribution < 1.29 is 24.5 Å². The lowest BCUT2D eigenvalue weighted by Gasteiger charge is -2.10. The molecule has 6 heteroatoms. The van der Waals surface area contributed by atoms with E-state index in [1.54, 1.807) is 12.1 Å². The molecular weight excluding hydrogens is 466 g/mol. The molecule has 37 heavy (non-hydrogen) atoms. The number of aromatic hydroxyl groups is 1. The first-order chi connectivity index (χ1) is 18.0. The number of carbonyl (C=O) groups excluding carboxylic acids is 2. The highest BCUT2D eigenvalue weighted by Crippen LogP contribution is 2.15. The molecule has 1 aromatic rings. The fourth-order valence-electron chi connectivity index (χ4n) is 4.51. The van der Waals surface area contributed by atoms with Crippen molar-refractivity contribution in [2.45, 2.75) is 148 Å². The van der Waals surface area contributed by atoms with Gasteiger partial charge in [0.05, 0.1) is 6.42 Å². The van der Waals surface area contributed by atoms with Crippen molar-refractivity contribution in [2.24, 2.45) is 5.73 Å². The highest BCUT2D eigenvalue weighted by molar-refractivity contribution is 5.77. The van der Waals surface area contributed by atoms with Gasteiger partial charge >= 0.3 is 11.9 Å². The van der Waals surface area contributed by atoms with Gasteiger partial charge in [0.15, 0.2) is 0 Å². The van der Waals surface area contributed by atoms with Crippen molar-refractivity contribution in [1.29, 1.82) is 0 Å². The van der Waals surface area contributed by atoms with Crippen LogP contribution in [0.2, 0.25) is 0 Å². The van der Waals surface area contributed by atoms with Gasteiger partial charge in [-0.2, -0.15) is 0 Å². The van der Waals surface area contributed by atoms with Gasteiger partial charge in [-0.05, 0) is 30.5 Å². The minimum Gasteiger partial charge on any atom is -0.508 e. The second-order valence-electron chi connectivity index (χ2n) is 10.4. The van der Waals surface area contributed by atoms with Gasteiger partial charge in [0, 0.05) is 0 Å². The van der Waals surface area contributed by atoms with Crippen molar-refractivity contribution >= 4 is 11.9 Å². The van der Waals surface area contributed by atoms with Crippen molar-refractivity contribution in [2.75, 3.05) is 0 Å². The van der Waals surface area contributed by atoms with Crippen LogP contribution in [0.1, 0.15) is 141 Å². The van der Waals surface area contributed by atoms with E-state index in [0.717, 1.165) is 24.8 Å². The van der Waals surface area contributed by atoms with Gasteiger partial charge in [0.2, 0.25) is 0 Å². The summed E-state index contributed by atoms with van der Waals surface area (Å²) in [5.41, 5.74) is 6.58. The second-order valence-corrected chi connectivity index (χ2v) is 10.4. The average molecular weight is 520 g/mol. The summed E-state index contributed by atoms with van der Waals surface area (Å²) in [6, 6.07) is 5.45. The van der Waals surface area contributed by atoms with Crippen molar-refractivity contribution in [1.82, 2.24) is 0 Å². The summed E-state index contributed by atoms with van der Waals surface area (Å²) in [6.45, 7) is 2.27. The van der Waals surface area contributed by atoms with Crippen molar-refractivity contribution in [3.63, 3.8) is 0 Å². The van der Waals surface area contributed by atoms with Crippen molar-refractivity contribution in [3.8, 4) is 5.75 Å². The molecule has 0 heterocycles. The van der Waals surface area contributed by atoms with Crippen LogP contribution >= 0.6 is 0 Å². The summed E-state index contributed by atoms with van der Waals surface area (Å²) in [5.74, 6) is -1.18. The maximum absolute atomic E-state index is 11.9. The van der Waals surface area contributed by atoms with Gasteiger partial charge in [-0.25, -0.2) is 19.4 Å². The van der Waals surface area contributed by atoms with E-state index in [1.165, 1.54) is 115 Å². The first-order valence-electron chi connectivity index (χ1n) is 15.0. The van der Waals surface area contributed by atoms with Gasteiger partial charge in [-0.3, -0.25) is 0 Å². The standard InChI is InChI=1S/C31H53NO5/c1-2-3-4-5-6-7-8-9-10-11-12-13-14-15-16-17-18-19-20-21-30(34)36-37-31(35)29(32)26-27-22-24-28(33)25-23-27/h22-25,29,33H,2-21,26,32H2,1H3. The Kier molecular flexibility index (Phi) is 20.5. The Morgan fingerprint density at radius 3 is 1.51 bits per heavy atom. The Balaban J connectivity index is 1.84. The van der Waals surface area contributed by atoms with Crippen molar-refractivity contribution in [3.05, 3.63) is 29.8 Å². The summed E-state index contributed by atoms with van der Waals surface area (Å²) in [7, 11) is 0. The Bertz CT molecular complexity index is 691. The molecule has 1 rings (SSSR count). The second kappa shape index (κ2) is 23.1. The minimum atomic E-state index is -0.938. The number of nitrogens with two attached hydrogens (primary N) is 1. The van der Waals surface area contributed by atoms with Crippen LogP contribution in [0.5, 0.6) is 5.75 Å². The van der Waals surface area contributed by atoms with E-state index in [0.29, 0.717) is 0 Å². The third-order valence-corrected chi connectivity index (χ3v) is 6.90. The molecule has 0 saturated heterocycles. The largest absolute Gasteiger partial charge is 0.508 e. The third kappa shape index (κ3) is 19.7. The number of benzene rings is 1. The topological polar surface area (TPSA) is 98.9 Å². The van der Waals surface area contributed by atoms with Crippen LogP contribution in [0.4, 0.5) is 0 Å². The summed E-state index contributed by atoms with van der Waals surface area (Å²) >= 11 is 0. The molecular formula is C31H53NO5. The van der Waals surface area contributed by atoms with E-state index >= 15 is 0 Å². The van der Waals surface area contributed by atoms with Crippen LogP contribution in [0, 0.1) is 0 Å². The number of phenolic OH excluding ortho intramolecular Hbond substituents is 1. The molecule has 0 saturated carbocycles. The van der Waals surface area contributed by atoms with E-state index in [2.05, 4.69) is 16.7 Å². The van der Waals surface area contributed by atoms with E-state index in [-0.39, 0.29) is 18.6 Å². The maximum Gasteiger partial charge on any atom is 0.372 e. The molecule has 0 radical (unpaired) electrons. The third-order valence-electron chi connectivity index (χ3n) is 6.90. The minimum absolute atomic E-state index is 0.142. The lowest BCUT2D eigenvalue weighted by atomic mass is 10.0. The summed E-state index contributed by atoms with van der Waals surface area (Å²) in [5, 5.41) is 9.29. The molecule has 212 valence electrons. The van der Waals surface area contributed by atoms with Gasteiger partial charge in [-0.1, -0.05) is 135 Å². The highest BCUT2D eigenvalue weighted by Gasteiger charge is 2.19. The monoisotopic (exact) mass is 519 g/mol. The van der Waals surface area contributed by atoms with E-state index < -0.39 is 18.0 Å². The van der Waals surface area contributed by atoms with E-state index in [9.17, 15) is 14.7 Å². The molecule has 0 aliphatic heterocycles. The summed E-state index contributed by atoms with van der Waals surface area (Å²) < 4.78 is 0. The Morgan fingerprint density at radius 1 is 0.676 bits per heavy atom. The number of unbranched alkanes of at least 4 members (excludes halogenated alkanes) is 18. The van der Waals surface area contributed by atoms with Crippen LogP contribution in [0.15, 0.2) is 24.3 Å². The molecule has 0 bridgehead atoms. The molecule has 0 aliphatic carbocycles. The number of hydrogen-bond donors (Lipinski definition) is 2. The fourth-order valence-corrected chi connectivity index (χ4v) is 4.51. The first kappa shape index (κ1) is 32.9. The quantitative estimate of drug-likeness (QED) is 0.0861. The first-order valence-corrected chi connectivity index (χ1v) is 15.0. The molecule has 0 aromatic heterocycles. The van der Waals surface area contributed by atoms with Crippen LogP contribution in [0.3, 0.4) is 0 Å². The molecule has 0 fully saturated rings. The fraction of sp³-hybridized carbons (Fsp3) is 0.742. The summed E-state index contributed by atoms with van der Waals surface area (Å²) in [4.78, 5) is 32.9. The SMILES string of the molecule is CCCCCCCCCCCCCCCCCCCCCC(=O)OOC(=O)C(N)Cc1ccc(O)cc1. The smallest absolute Gasteiger partial charge is 0.372 e. The number of phenols is 1. The zero-order valence-electron chi connectivity index (χ0n) is 23.4. The molecule has 1 atom stereocenters. The zero-order chi connectivity index (χ0) is 27.0. The lowest BCUT2D eigenvalue weighted by Crippen LogP contribution is -2.34. The maximum atomic E-state index is 11.9. The average Bonchev–Trinajstić information content (AvgIpc) is 2.89. The predicted molar refractivity (Wildman–Crippen MR) is 150 cm³/mol. The zero-order valence-corrected chi connectivity index (χ0v) is 23.4. The summed E-state index contributed by atoms with van der Waals surface area (Å²) in [6.07, 6.45) is 25.2. The molecule has 0 aliphatic rings. The van der Waals surface area contributed by atoms with Crippen LogP contribution in [-0.2, 0) is 25.8 Å². The van der Waals surface area contributed by atoms with Crippen LogP contribution < -0.4 is 5.73 Å². The molecule has 1 aromatic carbocycles. The highest BCUT2D eigenvalue weighted by atomic mass is 17.2. The predicted octanol–water partition coefficient (Wildman–Crippen LogP) is 8.09. The van der Waals surface area contributed by atoms with Crippen LogP contribution in [0.25, 0.3) is 0 Å². The van der Waals surface area contributed by atoms with Gasteiger partial charge in [0.1, 0.15) is 11.8 Å². The van der Waals surface area contributed by atoms with Gasteiger partial charge < -0.3 is 10.8 Å². The lowest BCUT2D eigenvalue weighted by molar-refractivity contribution is -0.260. The Labute approximate surface area is 225 Å². The number of carbonyl (C=O) groups is 2. The number of hydrogen-bond acceptors (Lipinski definition) is 6. The Hall–Kier alpha value is -2.08. The van der Waals surface area contributed by atoms with Gasteiger partial charge in [0.25, 0.3) is 0 Å². The number of rotatable bonds is 23. The molecule has 1 unspecified atom stereocenters. The molecule has 0 amide bonds. The normalized spacial score (nSPS) is 11.8. The molecule has 6 nitrogen and oxygen atoms in total. The van der Waals surface area contributed by atoms with Crippen LogP contribution in [-0.4, -0.2) is 23.1 Å². The van der Waals surface area contributed by atoms with E-state index in [1.807, 2.05) is 0 Å². The van der Waals surface area contributed by atoms with E-state index in [4.69, 9.17) is 5.73 Å². The molecule has 3 N–H and O–H groups in total.